The van der Waals surface area contributed by atoms with E-state index >= 15 is 0 Å². The third-order valence-corrected chi connectivity index (χ3v) is 5.65. The number of hydrogen-bond donors (Lipinski definition) is 0. The maximum Gasteiger partial charge on any atom is 0.358 e. The number of carbonyl (C=O) groups excluding carboxylic acids is 1. The summed E-state index contributed by atoms with van der Waals surface area (Å²) in [6.45, 7) is 5.33. The van der Waals surface area contributed by atoms with Crippen molar-refractivity contribution in [3.8, 4) is 22.5 Å². The highest BCUT2D eigenvalue weighted by Crippen LogP contribution is 2.32. The van der Waals surface area contributed by atoms with E-state index in [-0.39, 0.29) is 12.3 Å². The van der Waals surface area contributed by atoms with E-state index in [4.69, 9.17) is 42.6 Å². The molecule has 4 rings (SSSR count). The van der Waals surface area contributed by atoms with Gasteiger partial charge in [-0.1, -0.05) is 47.5 Å². The van der Waals surface area contributed by atoms with Crippen LogP contribution >= 0.6 is 23.2 Å². The summed E-state index contributed by atoms with van der Waals surface area (Å²) in [6, 6.07) is 14.7. The molecule has 0 spiro atoms. The quantitative estimate of drug-likeness (QED) is 0.464. The van der Waals surface area contributed by atoms with Crippen molar-refractivity contribution >= 4 is 29.2 Å². The van der Waals surface area contributed by atoms with Crippen LogP contribution in [0.2, 0.25) is 10.0 Å². The normalized spacial score (nSPS) is 14.3. The maximum absolute atomic E-state index is 12.8. The topological polar surface area (TPSA) is 64.5 Å². The first-order valence-electron chi connectivity index (χ1n) is 10.4. The van der Waals surface area contributed by atoms with Crippen molar-refractivity contribution in [1.29, 1.82) is 0 Å². The number of morpholine rings is 1. The zero-order valence-corrected chi connectivity index (χ0v) is 19.2. The Hall–Kier alpha value is -2.51. The molecule has 0 unspecified atom stereocenters. The minimum Gasteiger partial charge on any atom is -0.461 e. The maximum atomic E-state index is 12.8. The van der Waals surface area contributed by atoms with Crippen LogP contribution in [-0.2, 0) is 16.0 Å². The van der Waals surface area contributed by atoms with Gasteiger partial charge in [0.25, 0.3) is 0 Å². The van der Waals surface area contributed by atoms with Gasteiger partial charge in [0.2, 0.25) is 0 Å². The van der Waals surface area contributed by atoms with Crippen LogP contribution in [0, 0.1) is 0 Å². The van der Waals surface area contributed by atoms with Gasteiger partial charge < -0.3 is 9.47 Å². The third kappa shape index (κ3) is 5.27. The lowest BCUT2D eigenvalue weighted by Gasteiger charge is -2.27. The smallest absolute Gasteiger partial charge is 0.358 e. The molecule has 1 saturated heterocycles. The second-order valence-electron chi connectivity index (χ2n) is 7.34. The highest BCUT2D eigenvalue weighted by molar-refractivity contribution is 6.31. The minimum atomic E-state index is -0.485. The molecule has 166 valence electrons. The lowest BCUT2D eigenvalue weighted by atomic mass is 10.0. The van der Waals surface area contributed by atoms with Gasteiger partial charge in [0.05, 0.1) is 36.9 Å². The predicted octanol–water partition coefficient (Wildman–Crippen LogP) is 5.13. The number of nitrogens with zero attached hydrogens (tertiary/aromatic N) is 3. The third-order valence-electron chi connectivity index (χ3n) is 5.15. The molecular weight excluding hydrogens is 449 g/mol. The Morgan fingerprint density at radius 3 is 2.00 bits per heavy atom. The summed E-state index contributed by atoms with van der Waals surface area (Å²) in [4.78, 5) is 24.8. The fraction of sp³-hybridized carbons (Fsp3) is 0.292. The van der Waals surface area contributed by atoms with E-state index in [0.29, 0.717) is 46.9 Å². The lowest BCUT2D eigenvalue weighted by Crippen LogP contribution is -2.36. The highest BCUT2D eigenvalue weighted by atomic mass is 35.5. The summed E-state index contributed by atoms with van der Waals surface area (Å²) >= 11 is 12.2. The van der Waals surface area contributed by atoms with Gasteiger partial charge in [-0.2, -0.15) is 0 Å². The number of rotatable bonds is 6. The molecule has 8 heteroatoms. The largest absolute Gasteiger partial charge is 0.461 e. The van der Waals surface area contributed by atoms with Crippen LogP contribution in [0.3, 0.4) is 0 Å². The fourth-order valence-electron chi connectivity index (χ4n) is 3.53. The number of hydrogen-bond acceptors (Lipinski definition) is 6. The summed E-state index contributed by atoms with van der Waals surface area (Å²) < 4.78 is 10.8. The van der Waals surface area contributed by atoms with Crippen molar-refractivity contribution in [2.24, 2.45) is 0 Å². The van der Waals surface area contributed by atoms with Gasteiger partial charge in [0.1, 0.15) is 0 Å². The molecule has 1 aliphatic rings. The van der Waals surface area contributed by atoms with Crippen molar-refractivity contribution in [1.82, 2.24) is 14.9 Å². The summed E-state index contributed by atoms with van der Waals surface area (Å²) in [5.74, 6) is -0.485. The van der Waals surface area contributed by atoms with Gasteiger partial charge in [-0.05, 0) is 31.2 Å². The number of halogens is 2. The molecule has 2 heterocycles. The van der Waals surface area contributed by atoms with Crippen molar-refractivity contribution in [3.63, 3.8) is 0 Å². The average molecular weight is 472 g/mol. The van der Waals surface area contributed by atoms with Gasteiger partial charge >= 0.3 is 5.97 Å². The Balaban J connectivity index is 1.87. The Kier molecular flexibility index (Phi) is 7.37. The van der Waals surface area contributed by atoms with Gasteiger partial charge in [-0.25, -0.2) is 14.8 Å². The molecule has 0 amide bonds. The number of aromatic nitrogens is 2. The van der Waals surface area contributed by atoms with E-state index in [1.807, 2.05) is 36.4 Å². The van der Waals surface area contributed by atoms with E-state index < -0.39 is 5.97 Å². The van der Waals surface area contributed by atoms with Crippen molar-refractivity contribution in [2.45, 2.75) is 13.5 Å². The molecule has 0 N–H and O–H groups in total. The highest BCUT2D eigenvalue weighted by Gasteiger charge is 2.24. The zero-order chi connectivity index (χ0) is 22.5. The van der Waals surface area contributed by atoms with Crippen LogP contribution < -0.4 is 0 Å². The molecule has 3 aromatic rings. The molecule has 0 atom stereocenters. The molecule has 0 radical (unpaired) electrons. The number of benzene rings is 2. The molecule has 1 fully saturated rings. The van der Waals surface area contributed by atoms with E-state index in [2.05, 4.69) is 4.90 Å². The first-order chi connectivity index (χ1) is 15.5. The number of esters is 1. The van der Waals surface area contributed by atoms with Crippen molar-refractivity contribution in [3.05, 3.63) is 70.0 Å². The molecule has 1 aromatic heterocycles. The first kappa shape index (κ1) is 22.7. The summed E-state index contributed by atoms with van der Waals surface area (Å²) in [6.07, 6.45) is 0. The van der Waals surface area contributed by atoms with Gasteiger partial charge in [-0.15, -0.1) is 0 Å². The van der Waals surface area contributed by atoms with Gasteiger partial charge in [-0.3, -0.25) is 4.90 Å². The monoisotopic (exact) mass is 471 g/mol. The number of carbonyl (C=O) groups is 1. The van der Waals surface area contributed by atoms with E-state index in [1.165, 1.54) is 0 Å². The molecule has 0 aliphatic carbocycles. The molecule has 32 heavy (non-hydrogen) atoms. The summed E-state index contributed by atoms with van der Waals surface area (Å²) in [5, 5.41) is 1.25. The lowest BCUT2D eigenvalue weighted by molar-refractivity contribution is 0.0329. The standard InChI is InChI=1S/C24H23Cl2N3O3/c1-2-32-24(30)23-20(15-29-11-13-31-14-12-29)27-21(16-3-7-18(25)8-4-16)22(28-23)17-5-9-19(26)10-6-17/h3-10H,2,11-15H2,1H3. The van der Waals surface area contributed by atoms with E-state index in [9.17, 15) is 4.79 Å². The summed E-state index contributed by atoms with van der Waals surface area (Å²) in [5.41, 5.74) is 3.70. The Labute approximate surface area is 197 Å². The van der Waals surface area contributed by atoms with Crippen molar-refractivity contribution < 1.29 is 14.3 Å². The van der Waals surface area contributed by atoms with Crippen LogP contribution in [0.1, 0.15) is 23.1 Å². The molecule has 2 aromatic carbocycles. The number of ether oxygens (including phenoxy) is 2. The second-order valence-corrected chi connectivity index (χ2v) is 8.21. The van der Waals surface area contributed by atoms with Crippen LogP contribution in [0.15, 0.2) is 48.5 Å². The average Bonchev–Trinajstić information content (AvgIpc) is 2.81. The van der Waals surface area contributed by atoms with Gasteiger partial charge in [0, 0.05) is 40.8 Å². The first-order valence-corrected chi connectivity index (χ1v) is 11.2. The van der Waals surface area contributed by atoms with Crippen molar-refractivity contribution in [2.75, 3.05) is 32.9 Å². The molecule has 0 saturated carbocycles. The Bertz CT molecular complexity index is 1080. The molecule has 6 nitrogen and oxygen atoms in total. The zero-order valence-electron chi connectivity index (χ0n) is 17.7. The minimum absolute atomic E-state index is 0.223. The fourth-order valence-corrected chi connectivity index (χ4v) is 3.78. The summed E-state index contributed by atoms with van der Waals surface area (Å²) in [7, 11) is 0. The van der Waals surface area contributed by atoms with Gasteiger partial charge in [0.15, 0.2) is 5.69 Å². The van der Waals surface area contributed by atoms with Crippen LogP contribution in [-0.4, -0.2) is 53.7 Å². The van der Waals surface area contributed by atoms with E-state index in [0.717, 1.165) is 24.2 Å². The Morgan fingerprint density at radius 1 is 0.938 bits per heavy atom. The second kappa shape index (κ2) is 10.4. The molecular formula is C24H23Cl2N3O3. The Morgan fingerprint density at radius 2 is 1.47 bits per heavy atom. The molecule has 0 bridgehead atoms. The SMILES string of the molecule is CCOC(=O)c1nc(-c2ccc(Cl)cc2)c(-c2ccc(Cl)cc2)nc1CN1CCOCC1. The predicted molar refractivity (Wildman–Crippen MR) is 125 cm³/mol. The van der Waals surface area contributed by atoms with Crippen LogP contribution in [0.5, 0.6) is 0 Å². The van der Waals surface area contributed by atoms with E-state index in [1.54, 1.807) is 19.1 Å². The van der Waals surface area contributed by atoms with Crippen LogP contribution in [0.4, 0.5) is 0 Å². The van der Waals surface area contributed by atoms with Crippen LogP contribution in [0.25, 0.3) is 22.5 Å². The molecule has 1 aliphatic heterocycles.